The number of nitrogens with one attached hydrogen (secondary N) is 1. The molecule has 0 aliphatic heterocycles. The van der Waals surface area contributed by atoms with E-state index in [1.54, 1.807) is 28.4 Å². The van der Waals surface area contributed by atoms with Gasteiger partial charge in [0.25, 0.3) is 0 Å². The first-order valence-electron chi connectivity index (χ1n) is 6.56. The third kappa shape index (κ3) is 14.4. The van der Waals surface area contributed by atoms with Gasteiger partial charge in [-0.3, -0.25) is 0 Å². The second-order valence-electron chi connectivity index (χ2n) is 4.22. The zero-order chi connectivity index (χ0) is 15.1. The molecule has 0 amide bonds. The highest BCUT2D eigenvalue weighted by Crippen LogP contribution is 2.12. The molecule has 0 aliphatic rings. The summed E-state index contributed by atoms with van der Waals surface area (Å²) in [6.45, 7) is 6.63. The molecule has 3 N–H and O–H groups in total. The molecule has 0 radical (unpaired) electrons. The summed E-state index contributed by atoms with van der Waals surface area (Å²) >= 11 is 0. The first kappa shape index (κ1) is 21.5. The SMILES string of the molecule is CO[SiH](C)OC.CO[Si](C)(CCCNCCN)OC. The van der Waals surface area contributed by atoms with E-state index in [4.69, 9.17) is 23.4 Å². The summed E-state index contributed by atoms with van der Waals surface area (Å²) in [5.41, 5.74) is 5.35. The Morgan fingerprint density at radius 1 is 1.05 bits per heavy atom. The molecule has 8 heteroatoms. The molecule has 0 saturated heterocycles. The van der Waals surface area contributed by atoms with Crippen LogP contribution in [0.4, 0.5) is 0 Å². The Kier molecular flexibility index (Phi) is 16.5. The molecule has 0 atom stereocenters. The summed E-state index contributed by atoms with van der Waals surface area (Å²) in [5, 5.41) is 3.24. The third-order valence-corrected chi connectivity index (χ3v) is 7.15. The van der Waals surface area contributed by atoms with Crippen molar-refractivity contribution in [1.82, 2.24) is 5.32 Å². The van der Waals surface area contributed by atoms with Gasteiger partial charge in [-0.2, -0.15) is 0 Å². The van der Waals surface area contributed by atoms with E-state index in [1.165, 1.54) is 0 Å². The maximum atomic E-state index is 5.36. The Morgan fingerprint density at radius 2 is 1.58 bits per heavy atom. The Hall–Kier alpha value is 0.194. The zero-order valence-corrected chi connectivity index (χ0v) is 15.5. The van der Waals surface area contributed by atoms with Crippen LogP contribution in [0, 0.1) is 0 Å². The van der Waals surface area contributed by atoms with Crippen LogP contribution in [0.25, 0.3) is 0 Å². The summed E-state index contributed by atoms with van der Waals surface area (Å²) in [7, 11) is 3.80. The van der Waals surface area contributed by atoms with Gasteiger partial charge < -0.3 is 28.8 Å². The third-order valence-electron chi connectivity index (χ3n) is 2.83. The van der Waals surface area contributed by atoms with Gasteiger partial charge in [0.05, 0.1) is 0 Å². The molecular weight excluding hydrogens is 280 g/mol. The molecule has 0 aromatic heterocycles. The fraction of sp³-hybridized carbons (Fsp3) is 1.00. The van der Waals surface area contributed by atoms with Crippen molar-refractivity contribution in [1.29, 1.82) is 0 Å². The van der Waals surface area contributed by atoms with Gasteiger partial charge in [-0.25, -0.2) is 0 Å². The molecule has 0 spiro atoms. The van der Waals surface area contributed by atoms with Gasteiger partial charge in [0.2, 0.25) is 0 Å². The molecule has 0 heterocycles. The predicted molar refractivity (Wildman–Crippen MR) is 84.0 cm³/mol. The minimum absolute atomic E-state index is 0.698. The van der Waals surface area contributed by atoms with Crippen molar-refractivity contribution >= 4 is 17.8 Å². The zero-order valence-electron chi connectivity index (χ0n) is 13.3. The number of hydrogen-bond donors (Lipinski definition) is 2. The van der Waals surface area contributed by atoms with Crippen LogP contribution in [0.3, 0.4) is 0 Å². The molecule has 0 fully saturated rings. The summed E-state index contributed by atoms with van der Waals surface area (Å²) < 4.78 is 20.3. The van der Waals surface area contributed by atoms with Crippen LogP contribution in [0.5, 0.6) is 0 Å². The summed E-state index contributed by atoms with van der Waals surface area (Å²) in [5.74, 6) is 0. The van der Waals surface area contributed by atoms with Gasteiger partial charge >= 0.3 is 17.8 Å². The van der Waals surface area contributed by atoms with Crippen molar-refractivity contribution in [3.8, 4) is 0 Å². The first-order chi connectivity index (χ1) is 8.99. The normalized spacial score (nSPS) is 11.4. The lowest BCUT2D eigenvalue weighted by molar-refractivity contribution is 0.248. The lowest BCUT2D eigenvalue weighted by Crippen LogP contribution is -2.37. The minimum atomic E-state index is -1.83. The van der Waals surface area contributed by atoms with Gasteiger partial charge in [-0.05, 0) is 32.1 Å². The average Bonchev–Trinajstić information content (AvgIpc) is 2.46. The number of nitrogens with two attached hydrogens (primary N) is 1. The second kappa shape index (κ2) is 14.6. The molecule has 0 rings (SSSR count). The quantitative estimate of drug-likeness (QED) is 0.450. The largest absolute Gasteiger partial charge is 0.400 e. The molecule has 0 bridgehead atoms. The molecule has 0 aliphatic carbocycles. The van der Waals surface area contributed by atoms with Gasteiger partial charge in [0.15, 0.2) is 0 Å². The van der Waals surface area contributed by atoms with Crippen molar-refractivity contribution in [2.45, 2.75) is 25.6 Å². The predicted octanol–water partition coefficient (Wildman–Crippen LogP) is 0.419. The van der Waals surface area contributed by atoms with Crippen LogP contribution < -0.4 is 11.1 Å². The molecule has 0 aromatic carbocycles. The van der Waals surface area contributed by atoms with Gasteiger partial charge in [0, 0.05) is 41.5 Å². The van der Waals surface area contributed by atoms with Crippen molar-refractivity contribution in [3.63, 3.8) is 0 Å². The van der Waals surface area contributed by atoms with Crippen molar-refractivity contribution in [2.24, 2.45) is 5.73 Å². The van der Waals surface area contributed by atoms with Crippen LogP contribution in [0.2, 0.25) is 19.1 Å². The molecular formula is C11H32N2O4Si2. The highest BCUT2D eigenvalue weighted by Gasteiger charge is 2.27. The lowest BCUT2D eigenvalue weighted by atomic mass is 10.5. The van der Waals surface area contributed by atoms with Gasteiger partial charge in [-0.1, -0.05) is 0 Å². The maximum absolute atomic E-state index is 5.36. The van der Waals surface area contributed by atoms with Gasteiger partial charge in [0.1, 0.15) is 0 Å². The minimum Gasteiger partial charge on any atom is -0.400 e. The van der Waals surface area contributed by atoms with E-state index in [-0.39, 0.29) is 0 Å². The van der Waals surface area contributed by atoms with Crippen LogP contribution in [-0.4, -0.2) is 65.9 Å². The van der Waals surface area contributed by atoms with Crippen LogP contribution in [0.1, 0.15) is 6.42 Å². The summed E-state index contributed by atoms with van der Waals surface area (Å²) in [6, 6.07) is 1.03. The summed E-state index contributed by atoms with van der Waals surface area (Å²) in [4.78, 5) is 0. The van der Waals surface area contributed by atoms with E-state index in [0.29, 0.717) is 6.54 Å². The van der Waals surface area contributed by atoms with E-state index >= 15 is 0 Å². The molecule has 118 valence electrons. The molecule has 0 aromatic rings. The first-order valence-corrected chi connectivity index (χ1v) is 11.2. The Bertz CT molecular complexity index is 182. The molecule has 0 saturated carbocycles. The topological polar surface area (TPSA) is 75.0 Å². The van der Waals surface area contributed by atoms with E-state index in [0.717, 1.165) is 25.6 Å². The smallest absolute Gasteiger partial charge is 0.334 e. The fourth-order valence-corrected chi connectivity index (χ4v) is 2.73. The Balaban J connectivity index is 0. The van der Waals surface area contributed by atoms with E-state index in [2.05, 4.69) is 11.9 Å². The molecule has 19 heavy (non-hydrogen) atoms. The number of rotatable bonds is 10. The van der Waals surface area contributed by atoms with Crippen molar-refractivity contribution in [2.75, 3.05) is 48.1 Å². The van der Waals surface area contributed by atoms with Crippen LogP contribution in [0.15, 0.2) is 0 Å². The fourth-order valence-electron chi connectivity index (χ4n) is 1.15. The highest BCUT2D eigenvalue weighted by atomic mass is 28.4. The lowest BCUT2D eigenvalue weighted by Gasteiger charge is -2.22. The average molecular weight is 313 g/mol. The number of hydrogen-bond acceptors (Lipinski definition) is 6. The standard InChI is InChI=1S/C8H22N2O2Si.C3H10O2Si/c1-11-13(3,12-2)8-4-6-10-7-5-9;1-4-6(3)5-2/h10H,4-9H2,1-3H3;6H,1-3H3. The Morgan fingerprint density at radius 3 is 1.89 bits per heavy atom. The highest BCUT2D eigenvalue weighted by molar-refractivity contribution is 6.65. The second-order valence-corrected chi connectivity index (χ2v) is 9.89. The molecule has 0 unspecified atom stereocenters. The van der Waals surface area contributed by atoms with Crippen molar-refractivity contribution < 1.29 is 17.7 Å². The molecule has 6 nitrogen and oxygen atoms in total. The maximum Gasteiger partial charge on any atom is 0.334 e. The Labute approximate surface area is 121 Å². The van der Waals surface area contributed by atoms with Crippen LogP contribution in [-0.2, 0) is 17.7 Å². The van der Waals surface area contributed by atoms with E-state index in [1.807, 2.05) is 6.55 Å². The van der Waals surface area contributed by atoms with E-state index in [9.17, 15) is 0 Å². The van der Waals surface area contributed by atoms with Crippen molar-refractivity contribution in [3.05, 3.63) is 0 Å². The summed E-state index contributed by atoms with van der Waals surface area (Å²) in [6.07, 6.45) is 1.09. The van der Waals surface area contributed by atoms with Crippen LogP contribution >= 0.6 is 0 Å². The van der Waals surface area contributed by atoms with E-state index < -0.39 is 17.8 Å². The monoisotopic (exact) mass is 312 g/mol. The van der Waals surface area contributed by atoms with Gasteiger partial charge in [-0.15, -0.1) is 0 Å².